The van der Waals surface area contributed by atoms with E-state index in [9.17, 15) is 8.42 Å². The van der Waals surface area contributed by atoms with Crippen molar-refractivity contribution < 1.29 is 13.0 Å². The van der Waals surface area contributed by atoms with E-state index in [1.54, 1.807) is 12.1 Å². The van der Waals surface area contributed by atoms with E-state index in [0.29, 0.717) is 11.4 Å². The first kappa shape index (κ1) is 14.7. The van der Waals surface area contributed by atoms with Gasteiger partial charge in [-0.1, -0.05) is 18.2 Å². The molecule has 2 heterocycles. The Morgan fingerprint density at radius 1 is 1.05 bits per heavy atom. The van der Waals surface area contributed by atoms with Crippen LogP contribution in [0.1, 0.15) is 5.56 Å². The third-order valence-corrected chi connectivity index (χ3v) is 5.45. The number of imidazole rings is 1. The molecule has 0 fully saturated rings. The number of benzene rings is 1. The van der Waals surface area contributed by atoms with Crippen LogP contribution in [0.2, 0.25) is 0 Å². The second kappa shape index (κ2) is 5.55. The van der Waals surface area contributed by atoms with Crippen molar-refractivity contribution >= 4 is 15.7 Å². The van der Waals surface area contributed by atoms with Gasteiger partial charge in [0.2, 0.25) is 10.0 Å². The van der Waals surface area contributed by atoms with Crippen LogP contribution in [0.15, 0.2) is 66.0 Å². The van der Waals surface area contributed by atoms with Crippen LogP contribution in [0, 0.1) is 0 Å². The first-order valence-corrected chi connectivity index (χ1v) is 8.39. The summed E-state index contributed by atoms with van der Waals surface area (Å²) in [6.07, 6.45) is 6.01. The quantitative estimate of drug-likeness (QED) is 0.685. The molecule has 0 atom stereocenters. The molecule has 0 N–H and O–H groups in total. The molecule has 2 aromatic heterocycles. The molecule has 22 heavy (non-hydrogen) atoms. The Morgan fingerprint density at radius 2 is 1.77 bits per heavy atom. The summed E-state index contributed by atoms with van der Waals surface area (Å²) in [5.74, 6) is 0. The molecular weight excluding hydrogens is 298 g/mol. The van der Waals surface area contributed by atoms with Crippen molar-refractivity contribution in [1.29, 1.82) is 0 Å². The fourth-order valence-electron chi connectivity index (χ4n) is 2.35. The average molecular weight is 316 g/mol. The van der Waals surface area contributed by atoms with Gasteiger partial charge in [-0.05, 0) is 23.8 Å². The minimum absolute atomic E-state index is 0.313. The smallest absolute Gasteiger partial charge is 0.226 e. The SMILES string of the molecule is CN(C)S(=O)(=O)c1ccc(C[n+]2ccn3ccccc32)cc1. The molecule has 5 nitrogen and oxygen atoms in total. The second-order valence-electron chi connectivity index (χ2n) is 5.32. The number of hydrogen-bond acceptors (Lipinski definition) is 2. The van der Waals surface area contributed by atoms with E-state index in [0.717, 1.165) is 11.2 Å². The Balaban J connectivity index is 1.88. The van der Waals surface area contributed by atoms with Crippen LogP contribution in [0.4, 0.5) is 0 Å². The van der Waals surface area contributed by atoms with Crippen LogP contribution in [-0.4, -0.2) is 31.2 Å². The molecule has 0 spiro atoms. The minimum atomic E-state index is -3.37. The van der Waals surface area contributed by atoms with Gasteiger partial charge in [0.05, 0.1) is 11.1 Å². The number of rotatable bonds is 4. The first-order chi connectivity index (χ1) is 10.5. The van der Waals surface area contributed by atoms with Gasteiger partial charge in [-0.25, -0.2) is 21.7 Å². The molecule has 0 aliphatic heterocycles. The lowest BCUT2D eigenvalue weighted by Crippen LogP contribution is -2.32. The van der Waals surface area contributed by atoms with E-state index in [-0.39, 0.29) is 0 Å². The molecule has 0 aliphatic carbocycles. The van der Waals surface area contributed by atoms with E-state index < -0.39 is 10.0 Å². The summed E-state index contributed by atoms with van der Waals surface area (Å²) in [5.41, 5.74) is 2.15. The molecule has 0 amide bonds. The summed E-state index contributed by atoms with van der Waals surface area (Å²) in [6.45, 7) is 0.697. The van der Waals surface area contributed by atoms with Gasteiger partial charge in [0, 0.05) is 20.2 Å². The Kier molecular flexibility index (Phi) is 3.72. The van der Waals surface area contributed by atoms with E-state index in [1.165, 1.54) is 18.4 Å². The molecule has 114 valence electrons. The number of nitrogens with zero attached hydrogens (tertiary/aromatic N) is 3. The van der Waals surface area contributed by atoms with Crippen LogP contribution >= 0.6 is 0 Å². The average Bonchev–Trinajstić information content (AvgIpc) is 2.91. The lowest BCUT2D eigenvalue weighted by atomic mass is 10.2. The summed E-state index contributed by atoms with van der Waals surface area (Å²) >= 11 is 0. The van der Waals surface area contributed by atoms with Gasteiger partial charge in [0.15, 0.2) is 0 Å². The number of aromatic nitrogens is 2. The Morgan fingerprint density at radius 3 is 2.45 bits per heavy atom. The number of fused-ring (bicyclic) bond motifs is 1. The predicted molar refractivity (Wildman–Crippen MR) is 84.0 cm³/mol. The van der Waals surface area contributed by atoms with Gasteiger partial charge in [-0.2, -0.15) is 0 Å². The van der Waals surface area contributed by atoms with Gasteiger partial charge in [-0.15, -0.1) is 0 Å². The summed E-state index contributed by atoms with van der Waals surface area (Å²) in [7, 11) is -0.300. The molecule has 0 saturated carbocycles. The molecule has 6 heteroatoms. The Bertz CT molecular complexity index is 897. The van der Waals surface area contributed by atoms with E-state index >= 15 is 0 Å². The highest BCUT2D eigenvalue weighted by Gasteiger charge is 2.17. The lowest BCUT2D eigenvalue weighted by Gasteiger charge is -2.11. The van der Waals surface area contributed by atoms with Crippen LogP contribution in [-0.2, 0) is 16.6 Å². The van der Waals surface area contributed by atoms with Gasteiger partial charge in [-0.3, -0.25) is 0 Å². The largest absolute Gasteiger partial charge is 0.286 e. The maximum atomic E-state index is 12.1. The molecule has 3 aromatic rings. The highest BCUT2D eigenvalue weighted by atomic mass is 32.2. The minimum Gasteiger partial charge on any atom is -0.226 e. The Hall–Kier alpha value is -2.18. The molecule has 1 aromatic carbocycles. The fourth-order valence-corrected chi connectivity index (χ4v) is 3.25. The maximum Gasteiger partial charge on any atom is 0.286 e. The summed E-state index contributed by atoms with van der Waals surface area (Å²) in [6, 6.07) is 13.1. The zero-order valence-electron chi connectivity index (χ0n) is 12.5. The number of hydrogen-bond donors (Lipinski definition) is 0. The first-order valence-electron chi connectivity index (χ1n) is 6.95. The summed E-state index contributed by atoms with van der Waals surface area (Å²) < 4.78 is 29.5. The van der Waals surface area contributed by atoms with E-state index in [2.05, 4.69) is 4.57 Å². The molecule has 0 aliphatic rings. The third kappa shape index (κ3) is 2.63. The van der Waals surface area contributed by atoms with Crippen molar-refractivity contribution in [2.45, 2.75) is 11.4 Å². The molecule has 0 bridgehead atoms. The van der Waals surface area contributed by atoms with Gasteiger partial charge in [0.1, 0.15) is 18.9 Å². The molecule has 0 saturated heterocycles. The van der Waals surface area contributed by atoms with Crippen molar-refractivity contribution in [3.05, 3.63) is 66.6 Å². The molecular formula is C16H18N3O2S+. The summed E-state index contributed by atoms with van der Waals surface area (Å²) in [4.78, 5) is 0.313. The van der Waals surface area contributed by atoms with Crippen LogP contribution in [0.25, 0.3) is 5.65 Å². The molecule has 0 unspecified atom stereocenters. The Labute approximate surface area is 130 Å². The van der Waals surface area contributed by atoms with Crippen molar-refractivity contribution in [3.63, 3.8) is 0 Å². The standard InChI is InChI=1S/C16H18N3O2S/c1-17(2)22(20,21)15-8-6-14(7-9-15)13-19-12-11-18-10-4-3-5-16(18)19/h3-12H,13H2,1-2H3/q+1. The number of sulfonamides is 1. The molecule has 3 rings (SSSR count). The normalized spacial score (nSPS) is 12.1. The van der Waals surface area contributed by atoms with E-state index in [1.807, 2.05) is 53.3 Å². The van der Waals surface area contributed by atoms with Crippen molar-refractivity contribution in [3.8, 4) is 0 Å². The van der Waals surface area contributed by atoms with Crippen LogP contribution in [0.5, 0.6) is 0 Å². The maximum absolute atomic E-state index is 12.1. The fraction of sp³-hybridized carbons (Fsp3) is 0.188. The van der Waals surface area contributed by atoms with Crippen molar-refractivity contribution in [2.24, 2.45) is 0 Å². The third-order valence-electron chi connectivity index (χ3n) is 3.62. The van der Waals surface area contributed by atoms with Gasteiger partial charge >= 0.3 is 0 Å². The van der Waals surface area contributed by atoms with Crippen LogP contribution in [0.3, 0.4) is 0 Å². The van der Waals surface area contributed by atoms with Gasteiger partial charge < -0.3 is 0 Å². The second-order valence-corrected chi connectivity index (χ2v) is 7.48. The van der Waals surface area contributed by atoms with Gasteiger partial charge in [0.25, 0.3) is 5.65 Å². The van der Waals surface area contributed by atoms with Crippen molar-refractivity contribution in [2.75, 3.05) is 14.1 Å². The molecule has 0 radical (unpaired) electrons. The lowest BCUT2D eigenvalue weighted by molar-refractivity contribution is -0.661. The van der Waals surface area contributed by atoms with E-state index in [4.69, 9.17) is 0 Å². The highest BCUT2D eigenvalue weighted by Crippen LogP contribution is 2.14. The topological polar surface area (TPSA) is 45.7 Å². The summed E-state index contributed by atoms with van der Waals surface area (Å²) in [5, 5.41) is 0. The predicted octanol–water partition coefficient (Wildman–Crippen LogP) is 1.53. The highest BCUT2D eigenvalue weighted by molar-refractivity contribution is 7.89. The zero-order valence-corrected chi connectivity index (χ0v) is 13.4. The zero-order chi connectivity index (χ0) is 15.7. The number of pyridine rings is 1. The monoisotopic (exact) mass is 316 g/mol. The van der Waals surface area contributed by atoms with Crippen molar-refractivity contribution in [1.82, 2.24) is 8.71 Å². The van der Waals surface area contributed by atoms with Crippen LogP contribution < -0.4 is 4.57 Å².